The minimum atomic E-state index is -0.446. The molecule has 31 heavy (non-hydrogen) atoms. The van der Waals surface area contributed by atoms with Crippen LogP contribution in [0.1, 0.15) is 18.4 Å². The van der Waals surface area contributed by atoms with Crippen molar-refractivity contribution >= 4 is 17.0 Å². The zero-order valence-electron chi connectivity index (χ0n) is 16.9. The molecule has 0 radical (unpaired) electrons. The Hall–Kier alpha value is -3.43. The van der Waals surface area contributed by atoms with Crippen molar-refractivity contribution < 1.29 is 4.39 Å². The third-order valence-electron chi connectivity index (χ3n) is 5.39. The van der Waals surface area contributed by atoms with Crippen molar-refractivity contribution in [1.82, 2.24) is 35.2 Å². The second-order valence-corrected chi connectivity index (χ2v) is 7.54. The molecule has 3 N–H and O–H groups in total. The van der Waals surface area contributed by atoms with Crippen LogP contribution in [-0.4, -0.2) is 43.7 Å². The molecule has 9 heteroatoms. The average molecular weight is 418 g/mol. The van der Waals surface area contributed by atoms with Crippen molar-refractivity contribution in [2.75, 3.05) is 18.4 Å². The van der Waals surface area contributed by atoms with Crippen LogP contribution in [0.15, 0.2) is 55.1 Å². The molecule has 0 saturated carbocycles. The summed E-state index contributed by atoms with van der Waals surface area (Å²) in [6, 6.07) is 9.60. The molecule has 5 heterocycles. The molecule has 0 aliphatic carbocycles. The zero-order chi connectivity index (χ0) is 21.0. The highest BCUT2D eigenvalue weighted by atomic mass is 19.1. The van der Waals surface area contributed by atoms with Gasteiger partial charge in [-0.25, -0.2) is 13.9 Å². The maximum Gasteiger partial charge on any atom is 0.200 e. The fraction of sp³-hybridized carbons (Fsp3) is 0.273. The molecule has 1 saturated heterocycles. The fourth-order valence-electron chi connectivity index (χ4n) is 3.81. The van der Waals surface area contributed by atoms with Gasteiger partial charge in [-0.2, -0.15) is 0 Å². The minimum absolute atomic E-state index is 0.305. The van der Waals surface area contributed by atoms with E-state index in [1.807, 2.05) is 30.5 Å². The molecule has 5 rings (SSSR count). The van der Waals surface area contributed by atoms with Crippen LogP contribution in [0, 0.1) is 5.82 Å². The van der Waals surface area contributed by atoms with E-state index < -0.39 is 5.82 Å². The third-order valence-corrected chi connectivity index (χ3v) is 5.39. The summed E-state index contributed by atoms with van der Waals surface area (Å²) in [5.41, 5.74) is 2.78. The van der Waals surface area contributed by atoms with E-state index in [1.54, 1.807) is 23.0 Å². The van der Waals surface area contributed by atoms with Crippen molar-refractivity contribution in [3.63, 3.8) is 0 Å². The van der Waals surface area contributed by atoms with Crippen LogP contribution < -0.4 is 16.0 Å². The normalized spacial score (nSPS) is 16.5. The van der Waals surface area contributed by atoms with Crippen molar-refractivity contribution in [3.05, 3.63) is 66.5 Å². The Morgan fingerprint density at radius 1 is 1.19 bits per heavy atom. The van der Waals surface area contributed by atoms with Crippen molar-refractivity contribution in [1.29, 1.82) is 0 Å². The number of hydrogen-bond acceptors (Lipinski definition) is 7. The number of nitrogens with one attached hydrogen (secondary N) is 3. The van der Waals surface area contributed by atoms with Crippen molar-refractivity contribution in [2.45, 2.75) is 25.4 Å². The number of piperidine rings is 1. The van der Waals surface area contributed by atoms with E-state index in [0.29, 0.717) is 35.6 Å². The lowest BCUT2D eigenvalue weighted by Crippen LogP contribution is -2.42. The number of halogens is 1. The first-order chi connectivity index (χ1) is 15.3. The number of pyridine rings is 2. The molecule has 0 bridgehead atoms. The summed E-state index contributed by atoms with van der Waals surface area (Å²) >= 11 is 0. The van der Waals surface area contributed by atoms with Gasteiger partial charge in [0.25, 0.3) is 0 Å². The smallest absolute Gasteiger partial charge is 0.200 e. The summed E-state index contributed by atoms with van der Waals surface area (Å²) in [4.78, 5) is 12.9. The van der Waals surface area contributed by atoms with E-state index in [-0.39, 0.29) is 0 Å². The van der Waals surface area contributed by atoms with Crippen LogP contribution in [-0.2, 0) is 6.54 Å². The first-order valence-electron chi connectivity index (χ1n) is 10.4. The summed E-state index contributed by atoms with van der Waals surface area (Å²) in [5, 5.41) is 14.8. The first-order valence-corrected chi connectivity index (χ1v) is 10.4. The highest BCUT2D eigenvalue weighted by molar-refractivity contribution is 5.78. The molecule has 1 atom stereocenters. The standard InChI is InChI=1S/C22H23FN8/c23-17-14-25-10-6-18(17)28-22-20-15(12-27-16-4-3-8-24-13-16)7-11-31(20)30-21(29-22)19-5-1-2-9-26-19/h1-2,5-7,9-11,14,16,24,27H,3-4,8,12-13H2,(H,25,28,29,30). The minimum Gasteiger partial charge on any atom is -0.336 e. The van der Waals surface area contributed by atoms with Gasteiger partial charge in [0.05, 0.1) is 11.9 Å². The molecule has 0 amide bonds. The lowest BCUT2D eigenvalue weighted by Gasteiger charge is -2.23. The predicted molar refractivity (Wildman–Crippen MR) is 116 cm³/mol. The lowest BCUT2D eigenvalue weighted by molar-refractivity contribution is 0.389. The molecule has 1 aliphatic rings. The van der Waals surface area contributed by atoms with Gasteiger partial charge in [-0.05, 0) is 49.2 Å². The van der Waals surface area contributed by atoms with Gasteiger partial charge in [0.15, 0.2) is 11.6 Å². The quantitative estimate of drug-likeness (QED) is 0.443. The fourth-order valence-corrected chi connectivity index (χ4v) is 3.81. The number of fused-ring (bicyclic) bond motifs is 1. The molecular formula is C22H23FN8. The van der Waals surface area contributed by atoms with Crippen LogP contribution in [0.4, 0.5) is 15.9 Å². The molecule has 4 aromatic heterocycles. The molecule has 1 unspecified atom stereocenters. The van der Waals surface area contributed by atoms with Gasteiger partial charge in [0, 0.05) is 37.7 Å². The SMILES string of the molecule is Fc1cnccc1Nc1nc(-c2ccccn2)nn2ccc(CNC3CCCNC3)c12. The van der Waals surface area contributed by atoms with E-state index in [1.165, 1.54) is 12.6 Å². The van der Waals surface area contributed by atoms with Crippen molar-refractivity contribution in [2.24, 2.45) is 0 Å². The van der Waals surface area contributed by atoms with Crippen molar-refractivity contribution in [3.8, 4) is 11.5 Å². The molecule has 8 nitrogen and oxygen atoms in total. The van der Waals surface area contributed by atoms with Gasteiger partial charge >= 0.3 is 0 Å². The molecule has 1 aliphatic heterocycles. The third kappa shape index (κ3) is 4.23. The summed E-state index contributed by atoms with van der Waals surface area (Å²) in [5.74, 6) is 0.527. The predicted octanol–water partition coefficient (Wildman–Crippen LogP) is 2.91. The topological polar surface area (TPSA) is 92.1 Å². The summed E-state index contributed by atoms with van der Waals surface area (Å²) in [6.07, 6.45) is 8.62. The molecule has 4 aromatic rings. The largest absolute Gasteiger partial charge is 0.336 e. The highest BCUT2D eigenvalue weighted by Gasteiger charge is 2.18. The van der Waals surface area contributed by atoms with Gasteiger partial charge in [-0.1, -0.05) is 6.07 Å². The number of anilines is 2. The van der Waals surface area contributed by atoms with Crippen LogP contribution in [0.2, 0.25) is 0 Å². The van der Waals surface area contributed by atoms with Crippen LogP contribution >= 0.6 is 0 Å². The molecule has 0 aromatic carbocycles. The van der Waals surface area contributed by atoms with Gasteiger partial charge in [-0.15, -0.1) is 5.10 Å². The Balaban J connectivity index is 1.54. The molecule has 1 fully saturated rings. The Bertz CT molecular complexity index is 1170. The van der Waals surface area contributed by atoms with E-state index in [0.717, 1.165) is 30.6 Å². The van der Waals surface area contributed by atoms with Gasteiger partial charge < -0.3 is 16.0 Å². The summed E-state index contributed by atoms with van der Waals surface area (Å²) < 4.78 is 16.1. The average Bonchev–Trinajstić information content (AvgIpc) is 3.24. The second kappa shape index (κ2) is 8.75. The van der Waals surface area contributed by atoms with Gasteiger partial charge in [-0.3, -0.25) is 9.97 Å². The number of hydrogen-bond donors (Lipinski definition) is 3. The highest BCUT2D eigenvalue weighted by Crippen LogP contribution is 2.27. The maximum atomic E-state index is 14.3. The summed E-state index contributed by atoms with van der Waals surface area (Å²) in [7, 11) is 0. The van der Waals surface area contributed by atoms with E-state index in [2.05, 4.69) is 31.0 Å². The number of aromatic nitrogens is 5. The first kappa shape index (κ1) is 19.5. The van der Waals surface area contributed by atoms with Crippen LogP contribution in [0.3, 0.4) is 0 Å². The van der Waals surface area contributed by atoms with Crippen LogP contribution in [0.25, 0.3) is 17.0 Å². The lowest BCUT2D eigenvalue weighted by atomic mass is 10.1. The number of rotatable bonds is 6. The Labute approximate surface area is 179 Å². The zero-order valence-corrected chi connectivity index (χ0v) is 16.9. The van der Waals surface area contributed by atoms with E-state index in [4.69, 9.17) is 4.98 Å². The molecule has 0 spiro atoms. The Morgan fingerprint density at radius 3 is 2.97 bits per heavy atom. The van der Waals surface area contributed by atoms with E-state index >= 15 is 0 Å². The second-order valence-electron chi connectivity index (χ2n) is 7.54. The number of nitrogens with zero attached hydrogens (tertiary/aromatic N) is 5. The summed E-state index contributed by atoms with van der Waals surface area (Å²) in [6.45, 7) is 2.70. The van der Waals surface area contributed by atoms with Gasteiger partial charge in [0.1, 0.15) is 11.2 Å². The molecular weight excluding hydrogens is 395 g/mol. The monoisotopic (exact) mass is 418 g/mol. The molecule has 158 valence electrons. The van der Waals surface area contributed by atoms with Crippen LogP contribution in [0.5, 0.6) is 0 Å². The Kier molecular flexibility index (Phi) is 5.51. The Morgan fingerprint density at radius 2 is 2.16 bits per heavy atom. The maximum absolute atomic E-state index is 14.3. The van der Waals surface area contributed by atoms with Gasteiger partial charge in [0.2, 0.25) is 5.82 Å². The van der Waals surface area contributed by atoms with E-state index in [9.17, 15) is 4.39 Å².